The molecule has 0 bridgehead atoms. The van der Waals surface area contributed by atoms with Gasteiger partial charge in [0.15, 0.2) is 0 Å². The third-order valence-corrected chi connectivity index (χ3v) is 3.46. The van der Waals surface area contributed by atoms with Crippen molar-refractivity contribution in [2.24, 2.45) is 5.73 Å². The highest BCUT2D eigenvalue weighted by Crippen LogP contribution is 2.07. The molecule has 0 fully saturated rings. The molecular weight excluding hydrogens is 284 g/mol. The van der Waals surface area contributed by atoms with Gasteiger partial charge in [-0.25, -0.2) is 4.79 Å². The lowest BCUT2D eigenvalue weighted by atomic mass is 10.1. The Bertz CT molecular complexity index is 804. The Morgan fingerprint density at radius 2 is 2.00 bits per heavy atom. The Morgan fingerprint density at radius 3 is 2.68 bits per heavy atom. The number of benzene rings is 1. The van der Waals surface area contributed by atoms with Crippen LogP contribution in [0.15, 0.2) is 33.9 Å². The molecule has 0 atom stereocenters. The van der Waals surface area contributed by atoms with Crippen LogP contribution in [0.1, 0.15) is 20.3 Å². The summed E-state index contributed by atoms with van der Waals surface area (Å²) < 4.78 is 1.39. The highest BCUT2D eigenvalue weighted by atomic mass is 16.2. The van der Waals surface area contributed by atoms with Gasteiger partial charge in [0.2, 0.25) is 5.91 Å². The van der Waals surface area contributed by atoms with Gasteiger partial charge in [-0.15, -0.1) is 0 Å². The zero-order chi connectivity index (χ0) is 16.3. The second kappa shape index (κ2) is 6.15. The largest absolute Gasteiger partial charge is 0.350 e. The van der Waals surface area contributed by atoms with E-state index < -0.39 is 16.8 Å². The number of H-pyrrole nitrogens is 1. The van der Waals surface area contributed by atoms with E-state index in [-0.39, 0.29) is 18.9 Å². The Hall–Kier alpha value is -2.41. The van der Waals surface area contributed by atoms with E-state index in [0.717, 1.165) is 0 Å². The van der Waals surface area contributed by atoms with Gasteiger partial charge in [-0.2, -0.15) is 0 Å². The van der Waals surface area contributed by atoms with Gasteiger partial charge in [0.1, 0.15) is 0 Å². The molecule has 4 N–H and O–H groups in total. The summed E-state index contributed by atoms with van der Waals surface area (Å²) in [5, 5.41) is 3.22. The molecule has 0 aliphatic rings. The topological polar surface area (TPSA) is 110 Å². The summed E-state index contributed by atoms with van der Waals surface area (Å²) in [5.74, 6) is -0.197. The molecule has 2 rings (SSSR count). The fraction of sp³-hybridized carbons (Fsp3) is 0.400. The van der Waals surface area contributed by atoms with Gasteiger partial charge >= 0.3 is 5.69 Å². The SMILES string of the molecule is CC(C)(CN)NC(=O)CCn1c(=O)[nH]c(=O)c2ccccc21. The number of nitrogens with zero attached hydrogens (tertiary/aromatic N) is 1. The van der Waals surface area contributed by atoms with E-state index in [0.29, 0.717) is 17.4 Å². The number of carbonyl (C=O) groups excluding carboxylic acids is 1. The molecular formula is C15H20N4O3. The van der Waals surface area contributed by atoms with Crippen molar-refractivity contribution >= 4 is 16.8 Å². The van der Waals surface area contributed by atoms with Crippen molar-refractivity contribution in [1.82, 2.24) is 14.9 Å². The lowest BCUT2D eigenvalue weighted by Gasteiger charge is -2.24. The summed E-state index contributed by atoms with van der Waals surface area (Å²) in [6, 6.07) is 6.80. The minimum atomic E-state index is -0.519. The first-order valence-electron chi connectivity index (χ1n) is 7.07. The van der Waals surface area contributed by atoms with Crippen molar-refractivity contribution in [3.05, 3.63) is 45.1 Å². The molecule has 0 radical (unpaired) electrons. The molecule has 1 amide bonds. The highest BCUT2D eigenvalue weighted by Gasteiger charge is 2.18. The van der Waals surface area contributed by atoms with Gasteiger partial charge in [-0.3, -0.25) is 19.1 Å². The third-order valence-electron chi connectivity index (χ3n) is 3.46. The van der Waals surface area contributed by atoms with Gasteiger partial charge < -0.3 is 11.1 Å². The summed E-state index contributed by atoms with van der Waals surface area (Å²) in [7, 11) is 0. The average molecular weight is 304 g/mol. The van der Waals surface area contributed by atoms with Gasteiger partial charge in [0.05, 0.1) is 10.9 Å². The van der Waals surface area contributed by atoms with Crippen LogP contribution in [0.3, 0.4) is 0 Å². The lowest BCUT2D eigenvalue weighted by Crippen LogP contribution is -2.49. The zero-order valence-corrected chi connectivity index (χ0v) is 12.7. The molecule has 118 valence electrons. The summed E-state index contributed by atoms with van der Waals surface area (Å²) in [5.41, 5.74) is 4.65. The molecule has 0 spiro atoms. The number of amides is 1. The number of aromatic nitrogens is 2. The number of rotatable bonds is 5. The van der Waals surface area contributed by atoms with E-state index in [1.54, 1.807) is 24.3 Å². The second-order valence-corrected chi connectivity index (χ2v) is 5.81. The molecule has 0 aliphatic heterocycles. The fourth-order valence-electron chi connectivity index (χ4n) is 2.17. The third kappa shape index (κ3) is 3.43. The number of aryl methyl sites for hydroxylation is 1. The molecule has 22 heavy (non-hydrogen) atoms. The predicted octanol–water partition coefficient (Wildman–Crippen LogP) is -0.0666. The van der Waals surface area contributed by atoms with E-state index in [4.69, 9.17) is 5.73 Å². The van der Waals surface area contributed by atoms with E-state index in [1.807, 2.05) is 13.8 Å². The van der Waals surface area contributed by atoms with Crippen LogP contribution in [0.2, 0.25) is 0 Å². The summed E-state index contributed by atoms with van der Waals surface area (Å²) in [6.07, 6.45) is 0.124. The monoisotopic (exact) mass is 304 g/mol. The zero-order valence-electron chi connectivity index (χ0n) is 12.7. The van der Waals surface area contributed by atoms with Crippen LogP contribution in [0.4, 0.5) is 0 Å². The first-order valence-corrected chi connectivity index (χ1v) is 7.07. The summed E-state index contributed by atoms with van der Waals surface area (Å²) >= 11 is 0. The highest BCUT2D eigenvalue weighted by molar-refractivity contribution is 5.79. The maximum atomic E-state index is 12.0. The fourth-order valence-corrected chi connectivity index (χ4v) is 2.17. The molecule has 1 aromatic carbocycles. The van der Waals surface area contributed by atoms with Crippen molar-refractivity contribution in [2.45, 2.75) is 32.4 Å². The molecule has 0 aliphatic carbocycles. The minimum absolute atomic E-state index is 0.124. The Kier molecular flexibility index (Phi) is 4.46. The Balaban J connectivity index is 2.24. The first kappa shape index (κ1) is 16.0. The maximum Gasteiger partial charge on any atom is 0.328 e. The van der Waals surface area contributed by atoms with Crippen molar-refractivity contribution < 1.29 is 4.79 Å². The number of fused-ring (bicyclic) bond motifs is 1. The summed E-state index contributed by atoms with van der Waals surface area (Å²) in [4.78, 5) is 37.9. The van der Waals surface area contributed by atoms with Crippen LogP contribution in [-0.2, 0) is 11.3 Å². The Labute approximate surface area is 127 Å². The van der Waals surface area contributed by atoms with Crippen LogP contribution >= 0.6 is 0 Å². The van der Waals surface area contributed by atoms with Crippen molar-refractivity contribution in [1.29, 1.82) is 0 Å². The Morgan fingerprint density at radius 1 is 1.32 bits per heavy atom. The number of para-hydroxylation sites is 1. The molecule has 0 saturated carbocycles. The number of aromatic amines is 1. The van der Waals surface area contributed by atoms with Crippen molar-refractivity contribution in [3.63, 3.8) is 0 Å². The minimum Gasteiger partial charge on any atom is -0.350 e. The summed E-state index contributed by atoms with van der Waals surface area (Å²) in [6.45, 7) is 4.15. The normalized spacial score (nSPS) is 11.6. The van der Waals surface area contributed by atoms with E-state index in [2.05, 4.69) is 10.3 Å². The van der Waals surface area contributed by atoms with Gasteiger partial charge in [0.25, 0.3) is 5.56 Å². The van der Waals surface area contributed by atoms with Crippen LogP contribution in [0.5, 0.6) is 0 Å². The van der Waals surface area contributed by atoms with Gasteiger partial charge in [-0.1, -0.05) is 12.1 Å². The average Bonchev–Trinajstić information content (AvgIpc) is 2.46. The smallest absolute Gasteiger partial charge is 0.328 e. The molecule has 1 aromatic heterocycles. The number of nitrogens with one attached hydrogen (secondary N) is 2. The molecule has 0 saturated heterocycles. The molecule has 0 unspecified atom stereocenters. The van der Waals surface area contributed by atoms with Gasteiger partial charge in [-0.05, 0) is 26.0 Å². The molecule has 7 nitrogen and oxygen atoms in total. The lowest BCUT2D eigenvalue weighted by molar-refractivity contribution is -0.122. The standard InChI is InChI=1S/C15H20N4O3/c1-15(2,9-16)18-12(20)7-8-19-11-6-4-3-5-10(11)13(21)17-14(19)22/h3-6H,7-9,16H2,1-2H3,(H,18,20)(H,17,21,22). The van der Waals surface area contributed by atoms with Crippen LogP contribution in [0.25, 0.3) is 10.9 Å². The number of nitrogens with two attached hydrogens (primary N) is 1. The molecule has 7 heteroatoms. The van der Waals surface area contributed by atoms with Crippen LogP contribution in [0, 0.1) is 0 Å². The molecule has 1 heterocycles. The number of hydrogen-bond acceptors (Lipinski definition) is 4. The molecule has 2 aromatic rings. The second-order valence-electron chi connectivity index (χ2n) is 5.81. The van der Waals surface area contributed by atoms with E-state index in [9.17, 15) is 14.4 Å². The first-order chi connectivity index (χ1) is 10.3. The van der Waals surface area contributed by atoms with E-state index >= 15 is 0 Å². The van der Waals surface area contributed by atoms with Crippen molar-refractivity contribution in [2.75, 3.05) is 6.54 Å². The quantitative estimate of drug-likeness (QED) is 0.718. The predicted molar refractivity (Wildman–Crippen MR) is 84.7 cm³/mol. The van der Waals surface area contributed by atoms with Gasteiger partial charge in [0, 0.05) is 25.0 Å². The van der Waals surface area contributed by atoms with Crippen molar-refractivity contribution in [3.8, 4) is 0 Å². The number of carbonyl (C=O) groups is 1. The van der Waals surface area contributed by atoms with Crippen LogP contribution < -0.4 is 22.3 Å². The van der Waals surface area contributed by atoms with E-state index in [1.165, 1.54) is 4.57 Å². The van der Waals surface area contributed by atoms with Crippen LogP contribution in [-0.4, -0.2) is 27.5 Å². The maximum absolute atomic E-state index is 12.0. The number of hydrogen-bond donors (Lipinski definition) is 3.